The quantitative estimate of drug-likeness (QED) is 0.375. The van der Waals surface area contributed by atoms with Crippen LogP contribution in [-0.2, 0) is 4.74 Å². The van der Waals surface area contributed by atoms with Crippen LogP contribution in [0, 0.1) is 0 Å². The molecule has 0 aromatic carbocycles. The van der Waals surface area contributed by atoms with E-state index in [1.165, 1.54) is 0 Å². The molecule has 1 heteroatoms. The lowest BCUT2D eigenvalue weighted by molar-refractivity contribution is 0.380. The molecule has 0 saturated carbocycles. The summed E-state index contributed by atoms with van der Waals surface area (Å²) in [6.45, 7) is 5.67. The van der Waals surface area contributed by atoms with Gasteiger partial charge in [0.2, 0.25) is 0 Å². The summed E-state index contributed by atoms with van der Waals surface area (Å²) in [5.41, 5.74) is 0. The summed E-state index contributed by atoms with van der Waals surface area (Å²) >= 11 is 0. The zero-order chi connectivity index (χ0) is 5.28. The Morgan fingerprint density at radius 1 is 1.86 bits per heavy atom. The van der Waals surface area contributed by atoms with Gasteiger partial charge in [-0.2, -0.15) is 0 Å². The van der Waals surface area contributed by atoms with Crippen LogP contribution in [0.4, 0.5) is 0 Å². The van der Waals surface area contributed by atoms with E-state index in [2.05, 4.69) is 13.5 Å². The molecule has 0 aromatic heterocycles. The lowest BCUT2D eigenvalue weighted by Crippen LogP contribution is -1.83. The molecule has 0 unspecified atom stereocenters. The summed E-state index contributed by atoms with van der Waals surface area (Å²) < 4.78 is 5.09. The van der Waals surface area contributed by atoms with Crippen molar-refractivity contribution in [1.82, 2.24) is 0 Å². The van der Waals surface area contributed by atoms with E-state index in [-0.39, 0.29) is 0 Å². The molecule has 1 aliphatic rings. The fraction of sp³-hybridized carbons (Fsp3) is 0.667. The van der Waals surface area contributed by atoms with Crippen molar-refractivity contribution in [3.05, 3.63) is 12.7 Å². The van der Waals surface area contributed by atoms with Gasteiger partial charge in [0.15, 0.2) is 0 Å². The highest BCUT2D eigenvalue weighted by atomic mass is 16.6. The monoisotopic (exact) mass is 98.1 g/mol. The molecule has 2 atom stereocenters. The predicted molar refractivity (Wildman–Crippen MR) is 29.1 cm³/mol. The minimum absolute atomic E-state index is 0.498. The van der Waals surface area contributed by atoms with E-state index in [4.69, 9.17) is 4.74 Å². The first-order valence-corrected chi connectivity index (χ1v) is 2.61. The van der Waals surface area contributed by atoms with Crippen molar-refractivity contribution in [2.45, 2.75) is 25.6 Å². The van der Waals surface area contributed by atoms with Gasteiger partial charge in [0.25, 0.3) is 0 Å². The van der Waals surface area contributed by atoms with Crippen LogP contribution in [0.1, 0.15) is 13.3 Å². The Labute approximate surface area is 44.0 Å². The lowest BCUT2D eigenvalue weighted by atomic mass is 10.2. The van der Waals surface area contributed by atoms with Gasteiger partial charge in [0.1, 0.15) is 0 Å². The standard InChI is InChI=1S/C6H10O/c1-3-4-6-5(2)7-6/h3,5-6H,1,4H2,2H3/t5-,6-/m0/s1. The third-order valence-corrected chi connectivity index (χ3v) is 1.24. The highest BCUT2D eigenvalue weighted by molar-refractivity contribution is 4.86. The minimum atomic E-state index is 0.498. The Hall–Kier alpha value is -0.300. The van der Waals surface area contributed by atoms with E-state index in [9.17, 15) is 0 Å². The summed E-state index contributed by atoms with van der Waals surface area (Å²) in [4.78, 5) is 0. The second-order valence-corrected chi connectivity index (χ2v) is 1.90. The molecule has 1 nitrogen and oxygen atoms in total. The second-order valence-electron chi connectivity index (χ2n) is 1.90. The zero-order valence-electron chi connectivity index (χ0n) is 4.55. The molecule has 7 heavy (non-hydrogen) atoms. The van der Waals surface area contributed by atoms with E-state index in [1.807, 2.05) is 6.08 Å². The van der Waals surface area contributed by atoms with E-state index < -0.39 is 0 Å². The first-order chi connectivity index (χ1) is 3.34. The van der Waals surface area contributed by atoms with Gasteiger partial charge >= 0.3 is 0 Å². The number of rotatable bonds is 2. The fourth-order valence-corrected chi connectivity index (χ4v) is 0.642. The van der Waals surface area contributed by atoms with Gasteiger partial charge in [0, 0.05) is 0 Å². The molecular formula is C6H10O. The van der Waals surface area contributed by atoms with Crippen LogP contribution in [0.2, 0.25) is 0 Å². The molecule has 0 N–H and O–H groups in total. The first-order valence-electron chi connectivity index (χ1n) is 2.61. The van der Waals surface area contributed by atoms with Gasteiger partial charge in [-0.15, -0.1) is 6.58 Å². The second kappa shape index (κ2) is 1.66. The third kappa shape index (κ3) is 1.03. The Balaban J connectivity index is 2.08. The van der Waals surface area contributed by atoms with Gasteiger partial charge in [-0.05, 0) is 13.3 Å². The van der Waals surface area contributed by atoms with Crippen LogP contribution in [0.15, 0.2) is 12.7 Å². The lowest BCUT2D eigenvalue weighted by Gasteiger charge is -1.76. The topological polar surface area (TPSA) is 12.5 Å². The fourth-order valence-electron chi connectivity index (χ4n) is 0.642. The van der Waals surface area contributed by atoms with Crippen molar-refractivity contribution < 1.29 is 4.74 Å². The van der Waals surface area contributed by atoms with E-state index in [0.29, 0.717) is 12.2 Å². The molecule has 1 saturated heterocycles. The van der Waals surface area contributed by atoms with Gasteiger partial charge in [-0.25, -0.2) is 0 Å². The molecule has 0 aromatic rings. The number of ether oxygens (including phenoxy) is 1. The maximum Gasteiger partial charge on any atom is 0.0873 e. The molecule has 0 aliphatic carbocycles. The molecule has 0 radical (unpaired) electrons. The molecule has 1 aliphatic heterocycles. The summed E-state index contributed by atoms with van der Waals surface area (Å²) in [5, 5.41) is 0. The highest BCUT2D eigenvalue weighted by Crippen LogP contribution is 2.23. The van der Waals surface area contributed by atoms with Gasteiger partial charge in [-0.1, -0.05) is 6.08 Å². The van der Waals surface area contributed by atoms with Crippen LogP contribution in [0.3, 0.4) is 0 Å². The van der Waals surface area contributed by atoms with Crippen molar-refractivity contribution in [2.24, 2.45) is 0 Å². The highest BCUT2D eigenvalue weighted by Gasteiger charge is 2.31. The third-order valence-electron chi connectivity index (χ3n) is 1.24. The van der Waals surface area contributed by atoms with Crippen molar-refractivity contribution in [1.29, 1.82) is 0 Å². The zero-order valence-corrected chi connectivity index (χ0v) is 4.55. The van der Waals surface area contributed by atoms with E-state index >= 15 is 0 Å². The summed E-state index contributed by atoms with van der Waals surface area (Å²) in [5.74, 6) is 0. The maximum atomic E-state index is 5.09. The Morgan fingerprint density at radius 2 is 2.43 bits per heavy atom. The molecule has 1 fully saturated rings. The SMILES string of the molecule is C=CC[C@@H]1O[C@H]1C. The number of epoxide rings is 1. The average molecular weight is 98.1 g/mol. The smallest absolute Gasteiger partial charge is 0.0873 e. The molecular weight excluding hydrogens is 88.1 g/mol. The summed E-state index contributed by atoms with van der Waals surface area (Å²) in [6, 6.07) is 0. The Bertz CT molecular complexity index is 78.2. The van der Waals surface area contributed by atoms with Crippen LogP contribution in [-0.4, -0.2) is 12.2 Å². The first kappa shape index (κ1) is 4.85. The van der Waals surface area contributed by atoms with E-state index in [1.54, 1.807) is 0 Å². The largest absolute Gasteiger partial charge is 0.370 e. The summed E-state index contributed by atoms with van der Waals surface area (Å²) in [7, 11) is 0. The molecule has 0 spiro atoms. The molecule has 40 valence electrons. The molecule has 0 bridgehead atoms. The minimum Gasteiger partial charge on any atom is -0.370 e. The normalized spacial score (nSPS) is 37.9. The van der Waals surface area contributed by atoms with Gasteiger partial charge in [-0.3, -0.25) is 0 Å². The number of hydrogen-bond donors (Lipinski definition) is 0. The molecule has 1 rings (SSSR count). The van der Waals surface area contributed by atoms with Crippen LogP contribution in [0.5, 0.6) is 0 Å². The number of hydrogen-bond acceptors (Lipinski definition) is 1. The van der Waals surface area contributed by atoms with Crippen molar-refractivity contribution in [2.75, 3.05) is 0 Å². The van der Waals surface area contributed by atoms with Gasteiger partial charge in [0.05, 0.1) is 12.2 Å². The van der Waals surface area contributed by atoms with Crippen molar-refractivity contribution >= 4 is 0 Å². The van der Waals surface area contributed by atoms with Crippen LogP contribution in [0.25, 0.3) is 0 Å². The Morgan fingerprint density at radius 3 is 2.57 bits per heavy atom. The van der Waals surface area contributed by atoms with Gasteiger partial charge < -0.3 is 4.74 Å². The van der Waals surface area contributed by atoms with Crippen molar-refractivity contribution in [3.8, 4) is 0 Å². The molecule has 1 heterocycles. The average Bonchev–Trinajstić information content (AvgIpc) is 2.22. The van der Waals surface area contributed by atoms with E-state index in [0.717, 1.165) is 6.42 Å². The molecule has 0 amide bonds. The van der Waals surface area contributed by atoms with Crippen molar-refractivity contribution in [3.63, 3.8) is 0 Å². The predicted octanol–water partition coefficient (Wildman–Crippen LogP) is 1.35. The Kier molecular flexibility index (Phi) is 1.15. The van der Waals surface area contributed by atoms with Crippen LogP contribution >= 0.6 is 0 Å². The van der Waals surface area contributed by atoms with Crippen LogP contribution < -0.4 is 0 Å². The maximum absolute atomic E-state index is 5.09. The summed E-state index contributed by atoms with van der Waals surface area (Å²) in [6.07, 6.45) is 3.91.